The van der Waals surface area contributed by atoms with E-state index >= 15 is 0 Å². The summed E-state index contributed by atoms with van der Waals surface area (Å²) in [7, 11) is 0. The number of hydrogen-bond donors (Lipinski definition) is 1. The minimum Gasteiger partial charge on any atom is -0.302 e. The molecule has 26 heavy (non-hydrogen) atoms. The Morgan fingerprint density at radius 1 is 0.962 bits per heavy atom. The van der Waals surface area contributed by atoms with E-state index in [2.05, 4.69) is 93.3 Å². The molecule has 2 aromatic carbocycles. The summed E-state index contributed by atoms with van der Waals surface area (Å²) in [5.41, 5.74) is 5.08. The van der Waals surface area contributed by atoms with Crippen molar-refractivity contribution in [2.75, 3.05) is 4.72 Å². The van der Waals surface area contributed by atoms with Crippen molar-refractivity contribution >= 4 is 28.4 Å². The number of anilines is 1. The Balaban J connectivity index is 1.63. The van der Waals surface area contributed by atoms with Gasteiger partial charge in [0.2, 0.25) is 0 Å². The van der Waals surface area contributed by atoms with E-state index in [4.69, 9.17) is 4.98 Å². The standard InChI is InChI=1S/C22H26N2S2/c1-15(2)16-6-8-17(9-7-16)20-14-25-21(23-20)24-26-19-12-10-18(11-13-19)22(3,4)5/h6-15H,1-5H3,(H,23,24). The maximum atomic E-state index is 4.71. The molecule has 0 fully saturated rings. The van der Waals surface area contributed by atoms with Gasteiger partial charge >= 0.3 is 0 Å². The number of nitrogens with one attached hydrogen (secondary N) is 1. The number of thiazole rings is 1. The van der Waals surface area contributed by atoms with Gasteiger partial charge in [-0.05, 0) is 46.5 Å². The molecule has 3 rings (SSSR count). The van der Waals surface area contributed by atoms with Crippen molar-refractivity contribution in [3.05, 3.63) is 65.0 Å². The maximum absolute atomic E-state index is 4.71. The molecular weight excluding hydrogens is 356 g/mol. The van der Waals surface area contributed by atoms with Gasteiger partial charge in [-0.3, -0.25) is 0 Å². The zero-order valence-corrected chi connectivity index (χ0v) is 17.7. The third kappa shape index (κ3) is 4.68. The summed E-state index contributed by atoms with van der Waals surface area (Å²) in [5.74, 6) is 0.554. The molecule has 1 N–H and O–H groups in total. The van der Waals surface area contributed by atoms with E-state index < -0.39 is 0 Å². The molecule has 1 heterocycles. The van der Waals surface area contributed by atoms with Gasteiger partial charge in [-0.1, -0.05) is 71.0 Å². The third-order valence-electron chi connectivity index (χ3n) is 4.35. The Bertz CT molecular complexity index is 841. The minimum atomic E-state index is 0.186. The quantitative estimate of drug-likeness (QED) is 0.467. The fraction of sp³-hybridized carbons (Fsp3) is 0.318. The molecule has 0 atom stereocenters. The van der Waals surface area contributed by atoms with Crippen molar-refractivity contribution in [2.45, 2.75) is 50.8 Å². The van der Waals surface area contributed by atoms with E-state index in [-0.39, 0.29) is 5.41 Å². The van der Waals surface area contributed by atoms with Gasteiger partial charge in [-0.2, -0.15) is 0 Å². The van der Waals surface area contributed by atoms with Crippen molar-refractivity contribution in [3.63, 3.8) is 0 Å². The molecule has 4 heteroatoms. The predicted molar refractivity (Wildman–Crippen MR) is 116 cm³/mol. The number of aromatic nitrogens is 1. The van der Waals surface area contributed by atoms with Gasteiger partial charge in [-0.25, -0.2) is 4.98 Å². The predicted octanol–water partition coefficient (Wildman–Crippen LogP) is 7.35. The lowest BCUT2D eigenvalue weighted by molar-refractivity contribution is 0.590. The molecule has 0 aliphatic rings. The van der Waals surface area contributed by atoms with Gasteiger partial charge in [0, 0.05) is 15.8 Å². The lowest BCUT2D eigenvalue weighted by Crippen LogP contribution is -2.10. The van der Waals surface area contributed by atoms with Crippen LogP contribution in [0.2, 0.25) is 0 Å². The first-order valence-corrected chi connectivity index (χ1v) is 10.6. The average molecular weight is 383 g/mol. The average Bonchev–Trinajstić information content (AvgIpc) is 3.08. The Morgan fingerprint density at radius 2 is 1.62 bits per heavy atom. The normalized spacial score (nSPS) is 11.8. The first-order chi connectivity index (χ1) is 12.3. The summed E-state index contributed by atoms with van der Waals surface area (Å²) < 4.78 is 3.36. The summed E-state index contributed by atoms with van der Waals surface area (Å²) in [5, 5.41) is 3.04. The van der Waals surface area contributed by atoms with Gasteiger partial charge < -0.3 is 4.72 Å². The Hall–Kier alpha value is -1.78. The van der Waals surface area contributed by atoms with Crippen LogP contribution in [0.15, 0.2) is 58.8 Å². The van der Waals surface area contributed by atoms with E-state index in [1.165, 1.54) is 21.6 Å². The second-order valence-corrected chi connectivity index (χ2v) is 9.53. The van der Waals surface area contributed by atoms with Crippen LogP contribution in [0.4, 0.5) is 5.13 Å². The first kappa shape index (κ1) is 19.0. The number of hydrogen-bond acceptors (Lipinski definition) is 4. The largest absolute Gasteiger partial charge is 0.302 e. The SMILES string of the molecule is CC(C)c1ccc(-c2csc(NSc3ccc(C(C)(C)C)cc3)n2)cc1. The van der Waals surface area contributed by atoms with Crippen LogP contribution < -0.4 is 4.72 Å². The number of rotatable bonds is 5. The Morgan fingerprint density at radius 3 is 2.19 bits per heavy atom. The molecule has 3 aromatic rings. The maximum Gasteiger partial charge on any atom is 0.193 e. The van der Waals surface area contributed by atoms with Gasteiger partial charge in [0.05, 0.1) is 5.69 Å². The Labute approximate surface area is 165 Å². The molecule has 0 bridgehead atoms. The summed E-state index contributed by atoms with van der Waals surface area (Å²) in [6, 6.07) is 17.4. The summed E-state index contributed by atoms with van der Waals surface area (Å²) in [6.07, 6.45) is 0. The Kier molecular flexibility index (Phi) is 5.73. The van der Waals surface area contributed by atoms with Crippen molar-refractivity contribution in [1.82, 2.24) is 4.98 Å². The van der Waals surface area contributed by atoms with Crippen LogP contribution in [0.5, 0.6) is 0 Å². The molecule has 0 aliphatic heterocycles. The van der Waals surface area contributed by atoms with Crippen LogP contribution >= 0.6 is 23.3 Å². The lowest BCUT2D eigenvalue weighted by atomic mass is 9.87. The van der Waals surface area contributed by atoms with Crippen LogP contribution in [-0.4, -0.2) is 4.98 Å². The van der Waals surface area contributed by atoms with E-state index in [1.54, 1.807) is 23.3 Å². The second-order valence-electron chi connectivity index (χ2n) is 7.79. The molecule has 0 amide bonds. The monoisotopic (exact) mass is 382 g/mol. The highest BCUT2D eigenvalue weighted by Crippen LogP contribution is 2.30. The second kappa shape index (κ2) is 7.85. The van der Waals surface area contributed by atoms with Gasteiger partial charge in [0.25, 0.3) is 0 Å². The third-order valence-corrected chi connectivity index (χ3v) is 6.04. The van der Waals surface area contributed by atoms with Crippen molar-refractivity contribution in [1.29, 1.82) is 0 Å². The van der Waals surface area contributed by atoms with E-state index in [0.29, 0.717) is 5.92 Å². The molecule has 0 unspecified atom stereocenters. The highest BCUT2D eigenvalue weighted by molar-refractivity contribution is 8.00. The number of nitrogens with zero attached hydrogens (tertiary/aromatic N) is 1. The van der Waals surface area contributed by atoms with Crippen molar-refractivity contribution in [2.24, 2.45) is 0 Å². The van der Waals surface area contributed by atoms with E-state index in [9.17, 15) is 0 Å². The molecule has 0 radical (unpaired) electrons. The molecule has 2 nitrogen and oxygen atoms in total. The van der Waals surface area contributed by atoms with Crippen LogP contribution in [0.3, 0.4) is 0 Å². The van der Waals surface area contributed by atoms with Crippen LogP contribution in [0.1, 0.15) is 51.7 Å². The fourth-order valence-electron chi connectivity index (χ4n) is 2.62. The zero-order valence-electron chi connectivity index (χ0n) is 16.0. The van der Waals surface area contributed by atoms with Crippen LogP contribution in [0.25, 0.3) is 11.3 Å². The van der Waals surface area contributed by atoms with Crippen LogP contribution in [0, 0.1) is 0 Å². The lowest BCUT2D eigenvalue weighted by Gasteiger charge is -2.18. The molecule has 136 valence electrons. The van der Waals surface area contributed by atoms with Crippen LogP contribution in [-0.2, 0) is 5.41 Å². The van der Waals surface area contributed by atoms with E-state index in [0.717, 1.165) is 10.8 Å². The molecule has 0 spiro atoms. The molecular formula is C22H26N2S2. The van der Waals surface area contributed by atoms with E-state index in [1.807, 2.05) is 0 Å². The highest BCUT2D eigenvalue weighted by atomic mass is 32.2. The summed E-state index contributed by atoms with van der Waals surface area (Å²) in [4.78, 5) is 5.90. The first-order valence-electron chi connectivity index (χ1n) is 8.92. The molecule has 0 saturated carbocycles. The highest BCUT2D eigenvalue weighted by Gasteiger charge is 2.13. The van der Waals surface area contributed by atoms with Crippen molar-refractivity contribution < 1.29 is 0 Å². The van der Waals surface area contributed by atoms with Gasteiger partial charge in [-0.15, -0.1) is 11.3 Å². The smallest absolute Gasteiger partial charge is 0.193 e. The number of benzene rings is 2. The van der Waals surface area contributed by atoms with Gasteiger partial charge in [0.1, 0.15) is 0 Å². The zero-order chi connectivity index (χ0) is 18.7. The summed E-state index contributed by atoms with van der Waals surface area (Å²) in [6.45, 7) is 11.1. The minimum absolute atomic E-state index is 0.186. The molecule has 0 saturated heterocycles. The topological polar surface area (TPSA) is 24.9 Å². The molecule has 1 aromatic heterocycles. The molecule has 0 aliphatic carbocycles. The van der Waals surface area contributed by atoms with Crippen molar-refractivity contribution in [3.8, 4) is 11.3 Å². The fourth-order valence-corrected chi connectivity index (χ4v) is 4.02. The van der Waals surface area contributed by atoms with Gasteiger partial charge in [0.15, 0.2) is 5.13 Å². The summed E-state index contributed by atoms with van der Waals surface area (Å²) >= 11 is 3.24.